The van der Waals surface area contributed by atoms with Crippen molar-refractivity contribution in [2.45, 2.75) is 50.5 Å². The van der Waals surface area contributed by atoms with Gasteiger partial charge in [-0.3, -0.25) is 4.79 Å². The van der Waals surface area contributed by atoms with Crippen LogP contribution < -0.4 is 5.32 Å². The molecule has 144 valence electrons. The normalized spacial score (nSPS) is 36.1. The van der Waals surface area contributed by atoms with Gasteiger partial charge in [0.25, 0.3) is 0 Å². The van der Waals surface area contributed by atoms with Gasteiger partial charge in [0.05, 0.1) is 17.2 Å². The standard InChI is InChI=1S/C22H29N3O2/c1-15-13-27-21(24-15)18-11-23-14-22(17-8-5-9-17)19(18)10-20(26)25(22)12-16-6-3-2-4-7-16/h2-4,6,13,16-19,23H,5,7-12,14H2,1H3. The number of fused-ring (bicyclic) bond motifs is 1. The third-order valence-corrected chi connectivity index (χ3v) is 7.35. The van der Waals surface area contributed by atoms with Crippen molar-refractivity contribution in [2.75, 3.05) is 19.6 Å². The van der Waals surface area contributed by atoms with Gasteiger partial charge in [0.15, 0.2) is 5.89 Å². The Kier molecular flexibility index (Phi) is 4.23. The van der Waals surface area contributed by atoms with E-state index in [1.54, 1.807) is 6.26 Å². The zero-order valence-corrected chi connectivity index (χ0v) is 16.1. The van der Waals surface area contributed by atoms with Crippen molar-refractivity contribution in [1.29, 1.82) is 0 Å². The van der Waals surface area contributed by atoms with Gasteiger partial charge in [-0.2, -0.15) is 0 Å². The number of oxazole rings is 1. The molecule has 0 bridgehead atoms. The quantitative estimate of drug-likeness (QED) is 0.888. The fourth-order valence-corrected chi connectivity index (χ4v) is 5.85. The number of carbonyl (C=O) groups excluding carboxylic acids is 1. The third-order valence-electron chi connectivity index (χ3n) is 7.35. The minimum Gasteiger partial charge on any atom is -0.448 e. The number of likely N-dealkylation sites (tertiary alicyclic amines) is 1. The van der Waals surface area contributed by atoms with E-state index in [-0.39, 0.29) is 11.5 Å². The largest absolute Gasteiger partial charge is 0.448 e. The lowest BCUT2D eigenvalue weighted by atomic mass is 9.60. The lowest BCUT2D eigenvalue weighted by Crippen LogP contribution is -2.66. The maximum absolute atomic E-state index is 13.3. The molecule has 1 N–H and O–H groups in total. The smallest absolute Gasteiger partial charge is 0.223 e. The number of hydrogen-bond acceptors (Lipinski definition) is 4. The van der Waals surface area contributed by atoms with E-state index >= 15 is 0 Å². The average molecular weight is 367 g/mol. The van der Waals surface area contributed by atoms with Crippen molar-refractivity contribution >= 4 is 5.91 Å². The van der Waals surface area contributed by atoms with Crippen LogP contribution in [0.5, 0.6) is 0 Å². The molecule has 5 nitrogen and oxygen atoms in total. The predicted molar refractivity (Wildman–Crippen MR) is 103 cm³/mol. The average Bonchev–Trinajstić information content (AvgIpc) is 3.17. The minimum atomic E-state index is -0.0738. The number of nitrogens with one attached hydrogen (secondary N) is 1. The van der Waals surface area contributed by atoms with Crippen LogP contribution in [0, 0.1) is 24.7 Å². The number of amides is 1. The van der Waals surface area contributed by atoms with Crippen LogP contribution in [0.3, 0.4) is 0 Å². The maximum atomic E-state index is 13.3. The fraction of sp³-hybridized carbons (Fsp3) is 0.636. The summed E-state index contributed by atoms with van der Waals surface area (Å²) in [6.45, 7) is 4.58. The molecule has 3 heterocycles. The zero-order chi connectivity index (χ0) is 18.4. The Hall–Kier alpha value is -1.88. The molecule has 4 unspecified atom stereocenters. The zero-order valence-electron chi connectivity index (χ0n) is 16.1. The highest BCUT2D eigenvalue weighted by atomic mass is 16.3. The summed E-state index contributed by atoms with van der Waals surface area (Å²) in [5.74, 6) is 2.65. The van der Waals surface area contributed by atoms with Crippen LogP contribution in [0.1, 0.15) is 49.6 Å². The first-order chi connectivity index (χ1) is 13.2. The number of piperidine rings is 1. The Morgan fingerprint density at radius 3 is 2.93 bits per heavy atom. The molecule has 1 aromatic heterocycles. The summed E-state index contributed by atoms with van der Waals surface area (Å²) in [6.07, 6.45) is 15.9. The summed E-state index contributed by atoms with van der Waals surface area (Å²) in [7, 11) is 0. The van der Waals surface area contributed by atoms with Gasteiger partial charge in [0.2, 0.25) is 5.91 Å². The van der Waals surface area contributed by atoms with E-state index in [0.29, 0.717) is 30.1 Å². The number of aryl methyl sites for hydroxylation is 1. The summed E-state index contributed by atoms with van der Waals surface area (Å²) < 4.78 is 5.81. The van der Waals surface area contributed by atoms with Gasteiger partial charge < -0.3 is 14.6 Å². The summed E-state index contributed by atoms with van der Waals surface area (Å²) >= 11 is 0. The van der Waals surface area contributed by atoms with E-state index < -0.39 is 0 Å². The summed E-state index contributed by atoms with van der Waals surface area (Å²) in [5.41, 5.74) is 0.848. The number of hydrogen-bond donors (Lipinski definition) is 1. The molecule has 1 aromatic rings. The topological polar surface area (TPSA) is 58.4 Å². The van der Waals surface area contributed by atoms with Crippen molar-refractivity contribution in [1.82, 2.24) is 15.2 Å². The van der Waals surface area contributed by atoms with Gasteiger partial charge in [-0.15, -0.1) is 0 Å². The number of rotatable bonds is 4. The van der Waals surface area contributed by atoms with Crippen molar-refractivity contribution in [2.24, 2.45) is 17.8 Å². The van der Waals surface area contributed by atoms with E-state index in [4.69, 9.17) is 4.42 Å². The Morgan fingerprint density at radius 1 is 1.37 bits per heavy atom. The molecule has 5 heteroatoms. The Labute approximate surface area is 160 Å². The second-order valence-corrected chi connectivity index (χ2v) is 8.81. The number of carbonyl (C=O) groups is 1. The van der Waals surface area contributed by atoms with Gasteiger partial charge >= 0.3 is 0 Å². The van der Waals surface area contributed by atoms with Crippen LogP contribution in [0.4, 0.5) is 0 Å². The second kappa shape index (κ2) is 6.62. The predicted octanol–water partition coefficient (Wildman–Crippen LogP) is 3.19. The summed E-state index contributed by atoms with van der Waals surface area (Å²) in [4.78, 5) is 20.2. The van der Waals surface area contributed by atoms with Crippen molar-refractivity contribution < 1.29 is 9.21 Å². The highest BCUT2D eigenvalue weighted by molar-refractivity contribution is 5.81. The molecule has 2 aliphatic carbocycles. The maximum Gasteiger partial charge on any atom is 0.223 e. The number of nitrogens with zero attached hydrogens (tertiary/aromatic N) is 2. The summed E-state index contributed by atoms with van der Waals surface area (Å²) in [6, 6.07) is 0. The first-order valence-corrected chi connectivity index (χ1v) is 10.4. The molecule has 4 aliphatic rings. The van der Waals surface area contributed by atoms with Gasteiger partial charge in [0, 0.05) is 32.0 Å². The molecule has 27 heavy (non-hydrogen) atoms. The van der Waals surface area contributed by atoms with Gasteiger partial charge in [0.1, 0.15) is 6.26 Å². The second-order valence-electron chi connectivity index (χ2n) is 8.81. The molecule has 1 saturated carbocycles. The van der Waals surface area contributed by atoms with Crippen LogP contribution in [-0.4, -0.2) is 41.0 Å². The van der Waals surface area contributed by atoms with Crippen LogP contribution in [0.2, 0.25) is 0 Å². The molecule has 2 saturated heterocycles. The highest BCUT2D eigenvalue weighted by Crippen LogP contribution is 2.54. The van der Waals surface area contributed by atoms with E-state index in [1.165, 1.54) is 19.3 Å². The third kappa shape index (κ3) is 2.70. The molecular weight excluding hydrogens is 338 g/mol. The summed E-state index contributed by atoms with van der Waals surface area (Å²) in [5, 5.41) is 3.67. The van der Waals surface area contributed by atoms with Crippen LogP contribution in [0.15, 0.2) is 35.0 Å². The molecule has 0 aromatic carbocycles. The van der Waals surface area contributed by atoms with Crippen molar-refractivity contribution in [3.8, 4) is 0 Å². The van der Waals surface area contributed by atoms with Crippen molar-refractivity contribution in [3.05, 3.63) is 42.2 Å². The molecule has 3 fully saturated rings. The Balaban J connectivity index is 1.49. The monoisotopic (exact) mass is 367 g/mol. The van der Waals surface area contributed by atoms with E-state index in [2.05, 4.69) is 39.5 Å². The number of allylic oxidation sites excluding steroid dienone is 3. The minimum absolute atomic E-state index is 0.0738. The van der Waals surface area contributed by atoms with Crippen LogP contribution >= 0.6 is 0 Å². The van der Waals surface area contributed by atoms with Crippen molar-refractivity contribution in [3.63, 3.8) is 0 Å². The van der Waals surface area contributed by atoms with E-state index in [1.807, 2.05) is 6.92 Å². The molecule has 4 atom stereocenters. The van der Waals surface area contributed by atoms with Gasteiger partial charge in [-0.1, -0.05) is 30.7 Å². The highest BCUT2D eigenvalue weighted by Gasteiger charge is 2.62. The van der Waals surface area contributed by atoms with Gasteiger partial charge in [-0.05, 0) is 38.0 Å². The first kappa shape index (κ1) is 17.2. The first-order valence-electron chi connectivity index (χ1n) is 10.4. The van der Waals surface area contributed by atoms with Crippen LogP contribution in [0.25, 0.3) is 0 Å². The Bertz CT molecular complexity index is 778. The van der Waals surface area contributed by atoms with E-state index in [9.17, 15) is 4.79 Å². The molecule has 5 rings (SSSR count). The fourth-order valence-electron chi connectivity index (χ4n) is 5.85. The van der Waals surface area contributed by atoms with Gasteiger partial charge in [-0.25, -0.2) is 4.98 Å². The molecule has 0 spiro atoms. The lowest BCUT2D eigenvalue weighted by molar-refractivity contribution is -0.135. The molecule has 2 aliphatic heterocycles. The molecule has 0 radical (unpaired) electrons. The SMILES string of the molecule is Cc1coc(C2CNCC3(C4CCC4)C2CC(=O)N3CC2C=CC=CC2)n1. The van der Waals surface area contributed by atoms with Crippen LogP contribution in [-0.2, 0) is 4.79 Å². The molecule has 1 amide bonds. The lowest BCUT2D eigenvalue weighted by Gasteiger charge is -2.55. The number of aromatic nitrogens is 1. The van der Waals surface area contributed by atoms with E-state index in [0.717, 1.165) is 37.6 Å². The molecular formula is C22H29N3O2. The Morgan fingerprint density at radius 2 is 2.26 bits per heavy atom.